The van der Waals surface area contributed by atoms with Crippen LogP contribution in [0.1, 0.15) is 34.1 Å². The fourth-order valence-electron chi connectivity index (χ4n) is 3.18. The second-order valence-corrected chi connectivity index (χ2v) is 6.73. The van der Waals surface area contributed by atoms with E-state index in [-0.39, 0.29) is 17.9 Å². The molecular formula is C23H21FN2O4. The summed E-state index contributed by atoms with van der Waals surface area (Å²) in [5, 5.41) is 12.1. The molecule has 1 aromatic heterocycles. The largest absolute Gasteiger partial charge is 0.494 e. The molecule has 0 saturated heterocycles. The Labute approximate surface area is 173 Å². The van der Waals surface area contributed by atoms with Gasteiger partial charge in [0.2, 0.25) is 0 Å². The number of methoxy groups -OCH3 is 1. The van der Waals surface area contributed by atoms with E-state index in [1.807, 2.05) is 19.1 Å². The van der Waals surface area contributed by atoms with Gasteiger partial charge in [0, 0.05) is 5.56 Å². The average Bonchev–Trinajstić information content (AvgIpc) is 2.73. The maximum atomic E-state index is 13.3. The molecule has 0 unspecified atom stereocenters. The first kappa shape index (κ1) is 21.0. The zero-order valence-electron chi connectivity index (χ0n) is 16.6. The van der Waals surface area contributed by atoms with Crippen LogP contribution in [0.3, 0.4) is 0 Å². The van der Waals surface area contributed by atoms with Crippen molar-refractivity contribution in [3.63, 3.8) is 0 Å². The Morgan fingerprint density at radius 2 is 1.80 bits per heavy atom. The van der Waals surface area contributed by atoms with Crippen molar-refractivity contribution in [3.05, 3.63) is 83.3 Å². The van der Waals surface area contributed by atoms with Gasteiger partial charge in [-0.2, -0.15) is 0 Å². The molecule has 2 aromatic carbocycles. The Hall–Kier alpha value is -3.74. The first-order valence-corrected chi connectivity index (χ1v) is 9.28. The van der Waals surface area contributed by atoms with Crippen LogP contribution < -0.4 is 10.1 Å². The first-order valence-electron chi connectivity index (χ1n) is 9.28. The summed E-state index contributed by atoms with van der Waals surface area (Å²) in [7, 11) is 1.48. The monoisotopic (exact) mass is 408 g/mol. The van der Waals surface area contributed by atoms with E-state index in [0.717, 1.165) is 11.1 Å². The van der Waals surface area contributed by atoms with Crippen LogP contribution in [0.25, 0.3) is 11.3 Å². The Kier molecular flexibility index (Phi) is 6.41. The highest BCUT2D eigenvalue weighted by Crippen LogP contribution is 2.29. The maximum absolute atomic E-state index is 13.3. The molecule has 3 aromatic rings. The van der Waals surface area contributed by atoms with Gasteiger partial charge in [0.25, 0.3) is 5.91 Å². The van der Waals surface area contributed by atoms with Gasteiger partial charge in [0.15, 0.2) is 0 Å². The van der Waals surface area contributed by atoms with E-state index >= 15 is 0 Å². The number of aryl methyl sites for hydroxylation is 1. The second kappa shape index (κ2) is 9.17. The van der Waals surface area contributed by atoms with Crippen LogP contribution in [-0.2, 0) is 4.79 Å². The van der Waals surface area contributed by atoms with E-state index in [2.05, 4.69) is 10.3 Å². The third-order valence-electron chi connectivity index (χ3n) is 4.68. The Bertz CT molecular complexity index is 1070. The van der Waals surface area contributed by atoms with E-state index in [1.165, 1.54) is 25.3 Å². The molecule has 2 N–H and O–H groups in total. The summed E-state index contributed by atoms with van der Waals surface area (Å²) in [6.45, 7) is 1.86. The molecular weight excluding hydrogens is 387 g/mol. The van der Waals surface area contributed by atoms with Crippen molar-refractivity contribution >= 4 is 11.9 Å². The van der Waals surface area contributed by atoms with Crippen molar-refractivity contribution in [2.24, 2.45) is 0 Å². The maximum Gasteiger partial charge on any atom is 0.305 e. The number of carbonyl (C=O) groups excluding carboxylic acids is 1. The zero-order valence-corrected chi connectivity index (χ0v) is 16.6. The van der Waals surface area contributed by atoms with E-state index in [4.69, 9.17) is 4.74 Å². The summed E-state index contributed by atoms with van der Waals surface area (Å²) in [5.74, 6) is -1.51. The van der Waals surface area contributed by atoms with Crippen molar-refractivity contribution in [3.8, 4) is 17.0 Å². The van der Waals surface area contributed by atoms with Crippen molar-refractivity contribution < 1.29 is 23.8 Å². The van der Waals surface area contributed by atoms with E-state index < -0.39 is 17.9 Å². The van der Waals surface area contributed by atoms with Gasteiger partial charge in [-0.05, 0) is 54.4 Å². The third kappa shape index (κ3) is 4.81. The predicted molar refractivity (Wildman–Crippen MR) is 110 cm³/mol. The molecule has 0 saturated carbocycles. The van der Waals surface area contributed by atoms with Crippen molar-refractivity contribution in [2.45, 2.75) is 19.4 Å². The Morgan fingerprint density at radius 3 is 2.43 bits per heavy atom. The number of pyridine rings is 1. The number of hydrogen-bond donors (Lipinski definition) is 2. The van der Waals surface area contributed by atoms with Crippen molar-refractivity contribution in [1.82, 2.24) is 10.3 Å². The molecule has 0 bridgehead atoms. The number of benzene rings is 2. The number of carbonyl (C=O) groups is 2. The Balaban J connectivity index is 1.93. The minimum atomic E-state index is -1.03. The Morgan fingerprint density at radius 1 is 1.10 bits per heavy atom. The molecule has 0 aliphatic heterocycles. The van der Waals surface area contributed by atoms with Crippen LogP contribution in [0.5, 0.6) is 5.75 Å². The number of carboxylic acids is 1. The van der Waals surface area contributed by atoms with Gasteiger partial charge in [-0.15, -0.1) is 0 Å². The quantitative estimate of drug-likeness (QED) is 0.613. The number of halogens is 1. The molecule has 0 aliphatic carbocycles. The molecule has 6 nitrogen and oxygen atoms in total. The molecule has 3 rings (SSSR count). The normalized spacial score (nSPS) is 11.6. The van der Waals surface area contributed by atoms with Crippen LogP contribution in [-0.4, -0.2) is 29.1 Å². The summed E-state index contributed by atoms with van der Waals surface area (Å²) in [4.78, 5) is 28.6. The SMILES string of the molecule is COc1ccc(C(=O)N[C@@H](CC(=O)O)c2ccccc2C)nc1-c1ccc(F)cc1. The molecule has 0 radical (unpaired) electrons. The summed E-state index contributed by atoms with van der Waals surface area (Å²) in [6.07, 6.45) is -0.266. The minimum absolute atomic E-state index is 0.0964. The van der Waals surface area contributed by atoms with Gasteiger partial charge in [0.05, 0.1) is 19.6 Å². The van der Waals surface area contributed by atoms with Gasteiger partial charge in [-0.1, -0.05) is 24.3 Å². The molecule has 1 atom stereocenters. The summed E-state index contributed by atoms with van der Waals surface area (Å²) < 4.78 is 18.6. The van der Waals surface area contributed by atoms with Gasteiger partial charge in [-0.3, -0.25) is 9.59 Å². The molecule has 0 aliphatic rings. The number of aliphatic carboxylic acids is 1. The van der Waals surface area contributed by atoms with E-state index in [0.29, 0.717) is 17.0 Å². The number of aromatic nitrogens is 1. The average molecular weight is 408 g/mol. The van der Waals surface area contributed by atoms with Crippen molar-refractivity contribution in [2.75, 3.05) is 7.11 Å². The second-order valence-electron chi connectivity index (χ2n) is 6.73. The number of rotatable bonds is 7. The first-order chi connectivity index (χ1) is 14.4. The van der Waals surface area contributed by atoms with Crippen LogP contribution in [0.4, 0.5) is 4.39 Å². The number of ether oxygens (including phenoxy) is 1. The predicted octanol–water partition coefficient (Wildman–Crippen LogP) is 4.15. The highest BCUT2D eigenvalue weighted by Gasteiger charge is 2.22. The number of carboxylic acid groups (broad SMARTS) is 1. The molecule has 0 fully saturated rings. The van der Waals surface area contributed by atoms with E-state index in [1.54, 1.807) is 30.3 Å². The van der Waals surface area contributed by atoms with Crippen LogP contribution in [0.2, 0.25) is 0 Å². The fraction of sp³-hybridized carbons (Fsp3) is 0.174. The molecule has 0 spiro atoms. The number of amides is 1. The summed E-state index contributed by atoms with van der Waals surface area (Å²) in [6, 6.07) is 15.3. The standard InChI is InChI=1S/C23H21FN2O4/c1-14-5-3-4-6-17(14)19(13-21(27)28)26-23(29)18-11-12-20(30-2)22(25-18)15-7-9-16(24)10-8-15/h3-12,19H,13H2,1-2H3,(H,26,29)(H,27,28)/t19-/m0/s1. The lowest BCUT2D eigenvalue weighted by molar-refractivity contribution is -0.137. The molecule has 30 heavy (non-hydrogen) atoms. The smallest absolute Gasteiger partial charge is 0.305 e. The van der Waals surface area contributed by atoms with Gasteiger partial charge >= 0.3 is 5.97 Å². The van der Waals surface area contributed by atoms with Crippen LogP contribution in [0, 0.1) is 12.7 Å². The van der Waals surface area contributed by atoms with Crippen LogP contribution in [0.15, 0.2) is 60.7 Å². The molecule has 7 heteroatoms. The minimum Gasteiger partial charge on any atom is -0.494 e. The lowest BCUT2D eigenvalue weighted by Crippen LogP contribution is -2.31. The number of hydrogen-bond acceptors (Lipinski definition) is 4. The topological polar surface area (TPSA) is 88.5 Å². The third-order valence-corrected chi connectivity index (χ3v) is 4.68. The highest BCUT2D eigenvalue weighted by atomic mass is 19.1. The molecule has 1 amide bonds. The lowest BCUT2D eigenvalue weighted by atomic mass is 9.98. The van der Waals surface area contributed by atoms with Crippen LogP contribution >= 0.6 is 0 Å². The molecule has 1 heterocycles. The van der Waals surface area contributed by atoms with Gasteiger partial charge in [-0.25, -0.2) is 9.37 Å². The fourth-order valence-corrected chi connectivity index (χ4v) is 3.18. The molecule has 154 valence electrons. The summed E-state index contributed by atoms with van der Waals surface area (Å²) in [5.41, 5.74) is 2.66. The lowest BCUT2D eigenvalue weighted by Gasteiger charge is -2.19. The summed E-state index contributed by atoms with van der Waals surface area (Å²) >= 11 is 0. The number of nitrogens with one attached hydrogen (secondary N) is 1. The zero-order chi connectivity index (χ0) is 21.7. The van der Waals surface area contributed by atoms with Gasteiger partial charge < -0.3 is 15.2 Å². The highest BCUT2D eigenvalue weighted by molar-refractivity contribution is 5.93. The number of nitrogens with zero attached hydrogens (tertiary/aromatic N) is 1. The van der Waals surface area contributed by atoms with Crippen molar-refractivity contribution in [1.29, 1.82) is 0 Å². The van der Waals surface area contributed by atoms with E-state index in [9.17, 15) is 19.1 Å². The van der Waals surface area contributed by atoms with Gasteiger partial charge in [0.1, 0.15) is 23.0 Å².